The maximum atomic E-state index is 12.0. The summed E-state index contributed by atoms with van der Waals surface area (Å²) in [6.45, 7) is 1.82. The molecule has 110 valence electrons. The third kappa shape index (κ3) is 3.46. The molecule has 0 aliphatic carbocycles. The van der Waals surface area contributed by atoms with E-state index >= 15 is 0 Å². The van der Waals surface area contributed by atoms with Crippen LogP contribution in [0, 0.1) is 0 Å². The van der Waals surface area contributed by atoms with Crippen LogP contribution >= 0.6 is 0 Å². The monoisotopic (exact) mass is 288 g/mol. The number of para-hydroxylation sites is 2. The number of benzene rings is 1. The predicted molar refractivity (Wildman–Crippen MR) is 76.8 cm³/mol. The third-order valence-corrected chi connectivity index (χ3v) is 2.74. The molecule has 1 amide bonds. The number of hydrogen-bond acceptors (Lipinski definition) is 5. The Morgan fingerprint density at radius 3 is 2.81 bits per heavy atom. The van der Waals surface area contributed by atoms with Crippen LogP contribution in [0.2, 0.25) is 0 Å². The van der Waals surface area contributed by atoms with Crippen molar-refractivity contribution in [3.8, 4) is 5.69 Å². The van der Waals surface area contributed by atoms with Gasteiger partial charge >= 0.3 is 5.97 Å². The minimum Gasteiger partial charge on any atom is -0.464 e. The molecule has 1 unspecified atom stereocenters. The van der Waals surface area contributed by atoms with E-state index in [0.717, 1.165) is 0 Å². The molecule has 0 fully saturated rings. The van der Waals surface area contributed by atoms with Crippen molar-refractivity contribution < 1.29 is 14.3 Å². The lowest BCUT2D eigenvalue weighted by Crippen LogP contribution is -2.43. The van der Waals surface area contributed by atoms with E-state index in [0.29, 0.717) is 11.4 Å². The Kier molecular flexibility index (Phi) is 4.68. The molecule has 7 heteroatoms. The highest BCUT2D eigenvalue weighted by Gasteiger charge is 2.24. The lowest BCUT2D eigenvalue weighted by molar-refractivity contribution is -0.146. The van der Waals surface area contributed by atoms with Gasteiger partial charge in [0.05, 0.1) is 18.0 Å². The number of carbonyl (C=O) groups is 2. The first-order valence-electron chi connectivity index (χ1n) is 6.45. The summed E-state index contributed by atoms with van der Waals surface area (Å²) in [6, 6.07) is 7.47. The highest BCUT2D eigenvalue weighted by Crippen LogP contribution is 2.19. The van der Waals surface area contributed by atoms with Gasteiger partial charge in [0.1, 0.15) is 0 Å². The normalized spacial score (nSPS) is 11.7. The van der Waals surface area contributed by atoms with E-state index in [4.69, 9.17) is 10.5 Å². The van der Waals surface area contributed by atoms with Crippen LogP contribution in [0.3, 0.4) is 0 Å². The maximum Gasteiger partial charge on any atom is 0.332 e. The average molecular weight is 288 g/mol. The summed E-state index contributed by atoms with van der Waals surface area (Å²) in [4.78, 5) is 23.4. The first-order valence-corrected chi connectivity index (χ1v) is 6.45. The van der Waals surface area contributed by atoms with Gasteiger partial charge in [0.25, 0.3) is 5.91 Å². The van der Waals surface area contributed by atoms with E-state index in [9.17, 15) is 9.59 Å². The molecule has 7 nitrogen and oxygen atoms in total. The van der Waals surface area contributed by atoms with Crippen molar-refractivity contribution in [3.05, 3.63) is 42.7 Å². The number of aromatic nitrogens is 2. The van der Waals surface area contributed by atoms with Gasteiger partial charge in [0, 0.05) is 12.4 Å². The SMILES string of the molecule is CCOC(=O)C(N)C(=O)Nc1ccccc1-n1cccn1. The number of nitrogens with zero attached hydrogens (tertiary/aromatic N) is 2. The fraction of sp³-hybridized carbons (Fsp3) is 0.214. The Balaban J connectivity index is 2.17. The quantitative estimate of drug-likeness (QED) is 0.623. The fourth-order valence-corrected chi connectivity index (χ4v) is 1.74. The van der Waals surface area contributed by atoms with Crippen LogP contribution in [0.15, 0.2) is 42.7 Å². The minimum atomic E-state index is -1.37. The summed E-state index contributed by atoms with van der Waals surface area (Å²) >= 11 is 0. The van der Waals surface area contributed by atoms with E-state index in [1.54, 1.807) is 48.3 Å². The van der Waals surface area contributed by atoms with Gasteiger partial charge in [-0.1, -0.05) is 12.1 Å². The van der Waals surface area contributed by atoms with E-state index < -0.39 is 17.9 Å². The molecule has 1 heterocycles. The largest absolute Gasteiger partial charge is 0.464 e. The molecule has 0 aliphatic heterocycles. The molecule has 1 atom stereocenters. The number of esters is 1. The van der Waals surface area contributed by atoms with Crippen LogP contribution in [0.5, 0.6) is 0 Å². The van der Waals surface area contributed by atoms with Crippen molar-refractivity contribution in [2.75, 3.05) is 11.9 Å². The van der Waals surface area contributed by atoms with Gasteiger partial charge in [-0.15, -0.1) is 0 Å². The van der Waals surface area contributed by atoms with Gasteiger partial charge in [-0.2, -0.15) is 5.10 Å². The van der Waals surface area contributed by atoms with E-state index in [-0.39, 0.29) is 6.61 Å². The molecule has 0 bridgehead atoms. The summed E-state index contributed by atoms with van der Waals surface area (Å²) in [5.74, 6) is -1.39. The Labute approximate surface area is 121 Å². The smallest absolute Gasteiger partial charge is 0.332 e. The molecule has 0 saturated heterocycles. The van der Waals surface area contributed by atoms with E-state index in [2.05, 4.69) is 10.4 Å². The number of rotatable bonds is 5. The van der Waals surface area contributed by atoms with Crippen molar-refractivity contribution in [1.29, 1.82) is 0 Å². The molecule has 1 aromatic carbocycles. The zero-order chi connectivity index (χ0) is 15.2. The number of amides is 1. The molecule has 0 radical (unpaired) electrons. The van der Waals surface area contributed by atoms with Crippen LogP contribution in [-0.4, -0.2) is 34.3 Å². The fourth-order valence-electron chi connectivity index (χ4n) is 1.74. The summed E-state index contributed by atoms with van der Waals surface area (Å²) in [6.07, 6.45) is 3.37. The molecule has 2 aromatic rings. The summed E-state index contributed by atoms with van der Waals surface area (Å²) in [5.41, 5.74) is 6.73. The van der Waals surface area contributed by atoms with Gasteiger partial charge in [-0.05, 0) is 25.1 Å². The number of anilines is 1. The number of nitrogens with one attached hydrogen (secondary N) is 1. The second-order valence-corrected chi connectivity index (χ2v) is 4.19. The average Bonchev–Trinajstić information content (AvgIpc) is 3.01. The van der Waals surface area contributed by atoms with Crippen LogP contribution in [0.1, 0.15) is 6.92 Å². The third-order valence-electron chi connectivity index (χ3n) is 2.74. The number of hydrogen-bond donors (Lipinski definition) is 2. The maximum absolute atomic E-state index is 12.0. The van der Waals surface area contributed by atoms with Crippen molar-refractivity contribution >= 4 is 17.6 Å². The Hall–Kier alpha value is -2.67. The lowest BCUT2D eigenvalue weighted by Gasteiger charge is -2.14. The Bertz CT molecular complexity index is 625. The van der Waals surface area contributed by atoms with E-state index in [1.807, 2.05) is 6.07 Å². The van der Waals surface area contributed by atoms with Gasteiger partial charge in [0.15, 0.2) is 6.04 Å². The number of ether oxygens (including phenoxy) is 1. The van der Waals surface area contributed by atoms with Crippen LogP contribution < -0.4 is 11.1 Å². The highest BCUT2D eigenvalue weighted by molar-refractivity contribution is 6.08. The van der Waals surface area contributed by atoms with Crippen LogP contribution in [0.4, 0.5) is 5.69 Å². The molecule has 1 aromatic heterocycles. The summed E-state index contributed by atoms with van der Waals surface area (Å²) in [7, 11) is 0. The molecule has 0 saturated carbocycles. The van der Waals surface area contributed by atoms with Crippen molar-refractivity contribution in [3.63, 3.8) is 0 Å². The topological polar surface area (TPSA) is 99.2 Å². The first kappa shape index (κ1) is 14.7. The van der Waals surface area contributed by atoms with Crippen molar-refractivity contribution in [1.82, 2.24) is 9.78 Å². The zero-order valence-electron chi connectivity index (χ0n) is 11.5. The Morgan fingerprint density at radius 1 is 1.38 bits per heavy atom. The van der Waals surface area contributed by atoms with Gasteiger partial charge in [-0.25, -0.2) is 9.48 Å². The van der Waals surface area contributed by atoms with Crippen molar-refractivity contribution in [2.24, 2.45) is 5.73 Å². The standard InChI is InChI=1S/C14H16N4O3/c1-2-21-14(20)12(15)13(19)17-10-6-3-4-7-11(10)18-9-5-8-16-18/h3-9,12H,2,15H2,1H3,(H,17,19). The van der Waals surface area contributed by atoms with Crippen LogP contribution in [0.25, 0.3) is 5.69 Å². The molecular formula is C14H16N4O3. The van der Waals surface area contributed by atoms with Crippen molar-refractivity contribution in [2.45, 2.75) is 13.0 Å². The molecule has 21 heavy (non-hydrogen) atoms. The molecule has 3 N–H and O–H groups in total. The summed E-state index contributed by atoms with van der Waals surface area (Å²) in [5, 5.41) is 6.72. The second-order valence-electron chi connectivity index (χ2n) is 4.19. The summed E-state index contributed by atoms with van der Waals surface area (Å²) < 4.78 is 6.33. The van der Waals surface area contributed by atoms with Gasteiger partial charge < -0.3 is 15.8 Å². The van der Waals surface area contributed by atoms with Gasteiger partial charge in [0.2, 0.25) is 0 Å². The van der Waals surface area contributed by atoms with E-state index in [1.165, 1.54) is 0 Å². The first-order chi connectivity index (χ1) is 10.1. The minimum absolute atomic E-state index is 0.170. The molecule has 0 aliphatic rings. The molecule has 0 spiro atoms. The zero-order valence-corrected chi connectivity index (χ0v) is 11.5. The second kappa shape index (κ2) is 6.67. The predicted octanol–water partition coefficient (Wildman–Crippen LogP) is 0.701. The van der Waals surface area contributed by atoms with Crippen LogP contribution in [-0.2, 0) is 14.3 Å². The molecule has 2 rings (SSSR count). The van der Waals surface area contributed by atoms with Gasteiger partial charge in [-0.3, -0.25) is 4.79 Å². The number of nitrogens with two attached hydrogens (primary N) is 1. The molecular weight excluding hydrogens is 272 g/mol. The highest BCUT2D eigenvalue weighted by atomic mass is 16.5. The number of carbonyl (C=O) groups excluding carboxylic acids is 2. The lowest BCUT2D eigenvalue weighted by atomic mass is 10.2. The Morgan fingerprint density at radius 2 is 2.14 bits per heavy atom.